The van der Waals surface area contributed by atoms with Gasteiger partial charge in [-0.3, -0.25) is 0 Å². The second-order valence-electron chi connectivity index (χ2n) is 6.24. The van der Waals surface area contributed by atoms with E-state index in [2.05, 4.69) is 23.8 Å². The number of hydrogen-bond donors (Lipinski definition) is 2. The standard InChI is InChI=1S/C18H22N4O/c1-12(2)8-14(10-23)22-9-15(13-6-4-3-5-7-13)16-17(19)20-11-21-18(16)22/h3-7,9,11-12,14,23H,8,10H2,1-2H3,(H2,19,20,21). The Labute approximate surface area is 135 Å². The highest BCUT2D eigenvalue weighted by molar-refractivity contribution is 6.00. The van der Waals surface area contributed by atoms with Gasteiger partial charge in [0.15, 0.2) is 0 Å². The molecule has 5 heteroatoms. The maximum atomic E-state index is 9.84. The van der Waals surface area contributed by atoms with Gasteiger partial charge in [-0.25, -0.2) is 9.97 Å². The van der Waals surface area contributed by atoms with Crippen LogP contribution < -0.4 is 5.73 Å². The van der Waals surface area contributed by atoms with Crippen LogP contribution in [-0.4, -0.2) is 26.2 Å². The van der Waals surface area contributed by atoms with Gasteiger partial charge in [-0.05, 0) is 17.9 Å². The van der Waals surface area contributed by atoms with Gasteiger partial charge < -0.3 is 15.4 Å². The SMILES string of the molecule is CC(C)CC(CO)n1cc(-c2ccccc2)c2c(N)ncnc21. The number of aliphatic hydroxyl groups excluding tert-OH is 1. The number of rotatable bonds is 5. The summed E-state index contributed by atoms with van der Waals surface area (Å²) < 4.78 is 2.04. The van der Waals surface area contributed by atoms with Crippen LogP contribution in [0.3, 0.4) is 0 Å². The molecule has 1 atom stereocenters. The second-order valence-corrected chi connectivity index (χ2v) is 6.24. The number of aromatic nitrogens is 3. The maximum absolute atomic E-state index is 9.84. The Balaban J connectivity index is 2.22. The summed E-state index contributed by atoms with van der Waals surface area (Å²) in [5.41, 5.74) is 8.97. The van der Waals surface area contributed by atoms with E-state index in [0.29, 0.717) is 11.7 Å². The number of hydrogen-bond acceptors (Lipinski definition) is 4. The molecule has 2 heterocycles. The fourth-order valence-electron chi connectivity index (χ4n) is 3.04. The Bertz CT molecular complexity index is 795. The molecule has 3 N–H and O–H groups in total. The van der Waals surface area contributed by atoms with Crippen LogP contribution in [0.5, 0.6) is 0 Å². The fraction of sp³-hybridized carbons (Fsp3) is 0.333. The van der Waals surface area contributed by atoms with E-state index in [1.165, 1.54) is 6.33 Å². The molecule has 23 heavy (non-hydrogen) atoms. The predicted octanol–water partition coefficient (Wildman–Crippen LogP) is 3.26. The normalized spacial score (nSPS) is 12.9. The van der Waals surface area contributed by atoms with Crippen LogP contribution in [0.25, 0.3) is 22.2 Å². The van der Waals surface area contributed by atoms with Gasteiger partial charge in [-0.1, -0.05) is 44.2 Å². The summed E-state index contributed by atoms with van der Waals surface area (Å²) in [6.07, 6.45) is 4.39. The summed E-state index contributed by atoms with van der Waals surface area (Å²) >= 11 is 0. The molecule has 0 saturated heterocycles. The van der Waals surface area contributed by atoms with E-state index in [9.17, 15) is 5.11 Å². The minimum absolute atomic E-state index is 0.0238. The average Bonchev–Trinajstić information content (AvgIpc) is 2.94. The zero-order valence-electron chi connectivity index (χ0n) is 13.5. The third-order valence-corrected chi connectivity index (χ3v) is 4.07. The topological polar surface area (TPSA) is 77.0 Å². The second kappa shape index (κ2) is 6.38. The van der Waals surface area contributed by atoms with E-state index in [1.807, 2.05) is 41.1 Å². The number of nitrogen functional groups attached to an aromatic ring is 1. The molecule has 5 nitrogen and oxygen atoms in total. The third-order valence-electron chi connectivity index (χ3n) is 4.07. The first-order valence-corrected chi connectivity index (χ1v) is 7.89. The van der Waals surface area contributed by atoms with E-state index < -0.39 is 0 Å². The first kappa shape index (κ1) is 15.5. The first-order valence-electron chi connectivity index (χ1n) is 7.89. The molecule has 0 spiro atoms. The molecule has 120 valence electrons. The summed E-state index contributed by atoms with van der Waals surface area (Å²) in [5.74, 6) is 0.942. The Morgan fingerprint density at radius 3 is 2.57 bits per heavy atom. The highest BCUT2D eigenvalue weighted by Crippen LogP contribution is 2.35. The van der Waals surface area contributed by atoms with Crippen molar-refractivity contribution < 1.29 is 5.11 Å². The highest BCUT2D eigenvalue weighted by Gasteiger charge is 2.20. The Kier molecular flexibility index (Phi) is 4.30. The van der Waals surface area contributed by atoms with Crippen LogP contribution >= 0.6 is 0 Å². The van der Waals surface area contributed by atoms with Gasteiger partial charge in [-0.2, -0.15) is 0 Å². The minimum atomic E-state index is -0.0238. The van der Waals surface area contributed by atoms with E-state index in [0.717, 1.165) is 28.6 Å². The van der Waals surface area contributed by atoms with Crippen LogP contribution in [0.2, 0.25) is 0 Å². The molecule has 0 saturated carbocycles. The zero-order valence-corrected chi connectivity index (χ0v) is 13.5. The molecule has 2 aromatic heterocycles. The molecule has 0 aliphatic heterocycles. The van der Waals surface area contributed by atoms with Crippen molar-refractivity contribution in [2.24, 2.45) is 5.92 Å². The van der Waals surface area contributed by atoms with Gasteiger partial charge in [0.25, 0.3) is 0 Å². The fourth-order valence-corrected chi connectivity index (χ4v) is 3.04. The number of anilines is 1. The molecular weight excluding hydrogens is 288 g/mol. The molecule has 0 bridgehead atoms. The monoisotopic (exact) mass is 310 g/mol. The van der Waals surface area contributed by atoms with Gasteiger partial charge in [-0.15, -0.1) is 0 Å². The summed E-state index contributed by atoms with van der Waals surface area (Å²) in [4.78, 5) is 8.57. The van der Waals surface area contributed by atoms with E-state index >= 15 is 0 Å². The van der Waals surface area contributed by atoms with Crippen LogP contribution in [0, 0.1) is 5.92 Å². The smallest absolute Gasteiger partial charge is 0.146 e. The zero-order chi connectivity index (χ0) is 16.4. The predicted molar refractivity (Wildman–Crippen MR) is 93.0 cm³/mol. The number of fused-ring (bicyclic) bond motifs is 1. The average molecular weight is 310 g/mol. The summed E-state index contributed by atoms with van der Waals surface area (Å²) in [6.45, 7) is 4.37. The molecule has 0 amide bonds. The lowest BCUT2D eigenvalue weighted by atomic mass is 10.0. The van der Waals surface area contributed by atoms with Crippen molar-refractivity contribution in [3.63, 3.8) is 0 Å². The molecule has 0 aliphatic carbocycles. The van der Waals surface area contributed by atoms with E-state index in [4.69, 9.17) is 5.73 Å². The van der Waals surface area contributed by atoms with Crippen LogP contribution in [0.1, 0.15) is 26.3 Å². The Morgan fingerprint density at radius 1 is 1.17 bits per heavy atom. The number of nitrogens with two attached hydrogens (primary N) is 1. The van der Waals surface area contributed by atoms with Gasteiger partial charge in [0, 0.05) is 11.8 Å². The summed E-state index contributed by atoms with van der Waals surface area (Å²) in [6, 6.07) is 10.0. The number of benzene rings is 1. The minimum Gasteiger partial charge on any atom is -0.394 e. The molecule has 0 fully saturated rings. The van der Waals surface area contributed by atoms with Crippen molar-refractivity contribution in [3.8, 4) is 11.1 Å². The molecule has 3 aromatic rings. The first-order chi connectivity index (χ1) is 11.1. The molecule has 0 radical (unpaired) electrons. The van der Waals surface area contributed by atoms with Gasteiger partial charge >= 0.3 is 0 Å². The van der Waals surface area contributed by atoms with Crippen molar-refractivity contribution >= 4 is 16.9 Å². The van der Waals surface area contributed by atoms with Crippen molar-refractivity contribution in [2.45, 2.75) is 26.3 Å². The molecule has 3 rings (SSSR count). The van der Waals surface area contributed by atoms with Crippen molar-refractivity contribution in [1.82, 2.24) is 14.5 Å². The quantitative estimate of drug-likeness (QED) is 0.758. The maximum Gasteiger partial charge on any atom is 0.146 e. The number of nitrogens with zero attached hydrogens (tertiary/aromatic N) is 3. The summed E-state index contributed by atoms with van der Waals surface area (Å²) in [5, 5.41) is 10.7. The highest BCUT2D eigenvalue weighted by atomic mass is 16.3. The third kappa shape index (κ3) is 2.92. The van der Waals surface area contributed by atoms with Crippen LogP contribution in [0.4, 0.5) is 5.82 Å². The van der Waals surface area contributed by atoms with Crippen LogP contribution in [-0.2, 0) is 0 Å². The number of aliphatic hydroxyl groups is 1. The van der Waals surface area contributed by atoms with Gasteiger partial charge in [0.05, 0.1) is 18.0 Å². The molecular formula is C18H22N4O. The Morgan fingerprint density at radius 2 is 1.91 bits per heavy atom. The van der Waals surface area contributed by atoms with Gasteiger partial charge in [0.2, 0.25) is 0 Å². The van der Waals surface area contributed by atoms with E-state index in [-0.39, 0.29) is 12.6 Å². The van der Waals surface area contributed by atoms with E-state index in [1.54, 1.807) is 0 Å². The van der Waals surface area contributed by atoms with Gasteiger partial charge in [0.1, 0.15) is 17.8 Å². The Hall–Kier alpha value is -2.40. The molecule has 0 aliphatic rings. The lowest BCUT2D eigenvalue weighted by Gasteiger charge is -2.19. The largest absolute Gasteiger partial charge is 0.394 e. The molecule has 1 aromatic carbocycles. The molecule has 1 unspecified atom stereocenters. The van der Waals surface area contributed by atoms with Crippen molar-refractivity contribution in [1.29, 1.82) is 0 Å². The lowest BCUT2D eigenvalue weighted by Crippen LogP contribution is -2.15. The van der Waals surface area contributed by atoms with Crippen LogP contribution in [0.15, 0.2) is 42.9 Å². The van der Waals surface area contributed by atoms with Crippen molar-refractivity contribution in [2.75, 3.05) is 12.3 Å². The van der Waals surface area contributed by atoms with Crippen molar-refractivity contribution in [3.05, 3.63) is 42.9 Å². The lowest BCUT2D eigenvalue weighted by molar-refractivity contribution is 0.211. The summed E-state index contributed by atoms with van der Waals surface area (Å²) in [7, 11) is 0.